The van der Waals surface area contributed by atoms with Gasteiger partial charge in [0, 0.05) is 12.6 Å². The molecule has 2 rings (SSSR count). The first-order valence-electron chi connectivity index (χ1n) is 7.10. The Kier molecular flexibility index (Phi) is 3.76. The van der Waals surface area contributed by atoms with Gasteiger partial charge in [-0.25, -0.2) is 0 Å². The van der Waals surface area contributed by atoms with Crippen molar-refractivity contribution in [1.29, 1.82) is 0 Å². The lowest BCUT2D eigenvalue weighted by molar-refractivity contribution is -0.127. The molecule has 3 heteroatoms. The molecule has 17 heavy (non-hydrogen) atoms. The number of carbonyl (C=O) groups excluding carboxylic acids is 1. The van der Waals surface area contributed by atoms with Crippen LogP contribution in [-0.2, 0) is 4.79 Å². The normalized spacial score (nSPS) is 31.3. The molecule has 2 atom stereocenters. The van der Waals surface area contributed by atoms with E-state index in [1.165, 1.54) is 19.3 Å². The number of hydrogen-bond donors (Lipinski definition) is 2. The van der Waals surface area contributed by atoms with Crippen molar-refractivity contribution >= 4 is 5.91 Å². The predicted octanol–water partition coefficient (Wildman–Crippen LogP) is 2.06. The second-order valence-electron chi connectivity index (χ2n) is 6.26. The van der Waals surface area contributed by atoms with Crippen LogP contribution in [0.3, 0.4) is 0 Å². The number of hydrogen-bond acceptors (Lipinski definition) is 2. The summed E-state index contributed by atoms with van der Waals surface area (Å²) in [5, 5.41) is 3.29. The number of amides is 1. The molecule has 2 saturated carbocycles. The summed E-state index contributed by atoms with van der Waals surface area (Å²) >= 11 is 0. The Morgan fingerprint density at radius 3 is 2.53 bits per heavy atom. The molecule has 2 unspecified atom stereocenters. The number of rotatable bonds is 4. The highest BCUT2D eigenvalue weighted by Crippen LogP contribution is 2.45. The van der Waals surface area contributed by atoms with E-state index in [0.717, 1.165) is 19.3 Å². The van der Waals surface area contributed by atoms with Gasteiger partial charge in [-0.15, -0.1) is 0 Å². The molecule has 0 radical (unpaired) electrons. The fourth-order valence-corrected chi connectivity index (χ4v) is 3.13. The first-order valence-corrected chi connectivity index (χ1v) is 7.10. The third-order valence-corrected chi connectivity index (χ3v) is 4.72. The monoisotopic (exact) mass is 238 g/mol. The molecule has 3 nitrogen and oxygen atoms in total. The zero-order valence-corrected chi connectivity index (χ0v) is 11.2. The van der Waals surface area contributed by atoms with Crippen molar-refractivity contribution in [3.05, 3.63) is 0 Å². The van der Waals surface area contributed by atoms with Gasteiger partial charge >= 0.3 is 0 Å². The summed E-state index contributed by atoms with van der Waals surface area (Å²) in [5.41, 5.74) is 5.51. The lowest BCUT2D eigenvalue weighted by atomic mass is 9.77. The topological polar surface area (TPSA) is 55.1 Å². The van der Waals surface area contributed by atoms with E-state index in [-0.39, 0.29) is 11.3 Å². The summed E-state index contributed by atoms with van der Waals surface area (Å²) in [6.07, 6.45) is 6.94. The van der Waals surface area contributed by atoms with Crippen molar-refractivity contribution in [1.82, 2.24) is 5.32 Å². The molecular formula is C14H26N2O. The van der Waals surface area contributed by atoms with E-state index in [4.69, 9.17) is 5.73 Å². The minimum absolute atomic E-state index is 0.195. The minimum atomic E-state index is -0.195. The van der Waals surface area contributed by atoms with Crippen LogP contribution in [-0.4, -0.2) is 18.5 Å². The van der Waals surface area contributed by atoms with E-state index < -0.39 is 0 Å². The van der Waals surface area contributed by atoms with Crippen LogP contribution in [0.15, 0.2) is 0 Å². The van der Waals surface area contributed by atoms with Gasteiger partial charge in [-0.2, -0.15) is 0 Å². The van der Waals surface area contributed by atoms with Gasteiger partial charge in [-0.1, -0.05) is 26.7 Å². The van der Waals surface area contributed by atoms with Crippen LogP contribution < -0.4 is 11.1 Å². The fourth-order valence-electron chi connectivity index (χ4n) is 3.13. The van der Waals surface area contributed by atoms with Crippen molar-refractivity contribution in [2.45, 2.75) is 58.4 Å². The van der Waals surface area contributed by atoms with Gasteiger partial charge in [0.05, 0.1) is 5.41 Å². The van der Waals surface area contributed by atoms with Gasteiger partial charge in [0.25, 0.3) is 0 Å². The minimum Gasteiger partial charge on any atom is -0.353 e. The Balaban J connectivity index is 1.94. The van der Waals surface area contributed by atoms with E-state index >= 15 is 0 Å². The Labute approximate surface area is 105 Å². The van der Waals surface area contributed by atoms with Gasteiger partial charge < -0.3 is 11.1 Å². The highest BCUT2D eigenvalue weighted by Gasteiger charge is 2.49. The van der Waals surface area contributed by atoms with E-state index in [2.05, 4.69) is 19.2 Å². The van der Waals surface area contributed by atoms with Crippen LogP contribution in [0.4, 0.5) is 0 Å². The zero-order chi connectivity index (χ0) is 12.5. The third-order valence-electron chi connectivity index (χ3n) is 4.72. The molecule has 0 bridgehead atoms. The maximum atomic E-state index is 12.2. The zero-order valence-electron chi connectivity index (χ0n) is 11.2. The first kappa shape index (κ1) is 12.9. The summed E-state index contributed by atoms with van der Waals surface area (Å²) in [7, 11) is 0. The average Bonchev–Trinajstić information content (AvgIpc) is 3.10. The molecule has 0 saturated heterocycles. The molecule has 0 aromatic rings. The Morgan fingerprint density at radius 1 is 1.35 bits per heavy atom. The summed E-state index contributed by atoms with van der Waals surface area (Å²) in [4.78, 5) is 12.2. The molecule has 2 aliphatic carbocycles. The molecule has 0 aliphatic heterocycles. The molecule has 0 aromatic carbocycles. The van der Waals surface area contributed by atoms with E-state index in [0.29, 0.717) is 24.4 Å². The summed E-state index contributed by atoms with van der Waals surface area (Å²) in [6.45, 7) is 5.05. The van der Waals surface area contributed by atoms with Gasteiger partial charge in [-0.3, -0.25) is 4.79 Å². The van der Waals surface area contributed by atoms with Crippen LogP contribution in [0.25, 0.3) is 0 Å². The molecule has 2 aliphatic rings. The van der Waals surface area contributed by atoms with Crippen LogP contribution in [0, 0.1) is 17.3 Å². The standard InChI is InChI=1S/C14H26N2O/c1-10(2)11-5-3-4-6-12(11)16-13(17)14(9-15)7-8-14/h10-12H,3-9,15H2,1-2H3,(H,16,17). The van der Waals surface area contributed by atoms with Gasteiger partial charge in [0.2, 0.25) is 5.91 Å². The molecule has 0 spiro atoms. The second kappa shape index (κ2) is 4.97. The highest BCUT2D eigenvalue weighted by atomic mass is 16.2. The number of carbonyl (C=O) groups is 1. The molecule has 3 N–H and O–H groups in total. The van der Waals surface area contributed by atoms with E-state index in [1.54, 1.807) is 0 Å². The summed E-state index contributed by atoms with van der Waals surface area (Å²) < 4.78 is 0. The SMILES string of the molecule is CC(C)C1CCCCC1NC(=O)C1(CN)CC1. The van der Waals surface area contributed by atoms with Crippen LogP contribution in [0.5, 0.6) is 0 Å². The van der Waals surface area contributed by atoms with Crippen LogP contribution >= 0.6 is 0 Å². The molecule has 0 heterocycles. The Hall–Kier alpha value is -0.570. The largest absolute Gasteiger partial charge is 0.353 e. The van der Waals surface area contributed by atoms with Gasteiger partial charge in [0.15, 0.2) is 0 Å². The Morgan fingerprint density at radius 2 is 2.00 bits per heavy atom. The van der Waals surface area contributed by atoms with E-state index in [9.17, 15) is 4.79 Å². The highest BCUT2D eigenvalue weighted by molar-refractivity contribution is 5.85. The first-order chi connectivity index (χ1) is 8.09. The smallest absolute Gasteiger partial charge is 0.227 e. The quantitative estimate of drug-likeness (QED) is 0.787. The van der Waals surface area contributed by atoms with Crippen LogP contribution in [0.2, 0.25) is 0 Å². The van der Waals surface area contributed by atoms with Gasteiger partial charge in [0.1, 0.15) is 0 Å². The molecular weight excluding hydrogens is 212 g/mol. The summed E-state index contributed by atoms with van der Waals surface area (Å²) in [6, 6.07) is 0.389. The lowest BCUT2D eigenvalue weighted by Gasteiger charge is -2.35. The maximum absolute atomic E-state index is 12.2. The fraction of sp³-hybridized carbons (Fsp3) is 0.929. The van der Waals surface area contributed by atoms with Crippen molar-refractivity contribution in [3.63, 3.8) is 0 Å². The van der Waals surface area contributed by atoms with Crippen molar-refractivity contribution < 1.29 is 4.79 Å². The Bertz CT molecular complexity index is 284. The predicted molar refractivity (Wildman–Crippen MR) is 69.4 cm³/mol. The van der Waals surface area contributed by atoms with Crippen molar-refractivity contribution in [2.75, 3.05) is 6.54 Å². The maximum Gasteiger partial charge on any atom is 0.227 e. The second-order valence-corrected chi connectivity index (χ2v) is 6.26. The van der Waals surface area contributed by atoms with Gasteiger partial charge in [-0.05, 0) is 37.5 Å². The van der Waals surface area contributed by atoms with Crippen molar-refractivity contribution in [3.8, 4) is 0 Å². The molecule has 1 amide bonds. The molecule has 0 aromatic heterocycles. The average molecular weight is 238 g/mol. The van der Waals surface area contributed by atoms with Crippen molar-refractivity contribution in [2.24, 2.45) is 23.0 Å². The molecule has 98 valence electrons. The third kappa shape index (κ3) is 2.65. The summed E-state index contributed by atoms with van der Waals surface area (Å²) in [5.74, 6) is 1.53. The molecule has 2 fully saturated rings. The lowest BCUT2D eigenvalue weighted by Crippen LogP contribution is -2.48. The van der Waals surface area contributed by atoms with E-state index in [1.807, 2.05) is 0 Å². The number of nitrogens with two attached hydrogens (primary N) is 1. The number of nitrogens with one attached hydrogen (secondary N) is 1. The van der Waals surface area contributed by atoms with Crippen LogP contribution in [0.1, 0.15) is 52.4 Å².